The molecule has 168 valence electrons. The highest BCUT2D eigenvalue weighted by Crippen LogP contribution is 2.44. The van der Waals surface area contributed by atoms with Crippen molar-refractivity contribution in [2.24, 2.45) is 5.92 Å². The second kappa shape index (κ2) is 9.42. The highest BCUT2D eigenvalue weighted by Gasteiger charge is 2.33. The van der Waals surface area contributed by atoms with E-state index >= 15 is 0 Å². The second-order valence-electron chi connectivity index (χ2n) is 8.54. The Balaban J connectivity index is 1.33. The largest absolute Gasteiger partial charge is 0.481 e. The molecule has 0 unspecified atom stereocenters. The van der Waals surface area contributed by atoms with E-state index < -0.39 is 36.0 Å². The number of hydrogen-bond donors (Lipinski definition) is 3. The first kappa shape index (κ1) is 21.9. The number of carboxylic acid groups (broad SMARTS) is 1. The molecule has 2 aromatic rings. The maximum atomic E-state index is 12.5. The maximum absolute atomic E-state index is 12.5. The third kappa shape index (κ3) is 4.47. The molecule has 4 rings (SSSR count). The number of hydrogen-bond acceptors (Lipinski definition) is 4. The number of rotatable bonds is 6. The Kier molecular flexibility index (Phi) is 6.44. The van der Waals surface area contributed by atoms with E-state index in [0.29, 0.717) is 12.8 Å². The molecule has 0 saturated heterocycles. The number of carbonyl (C=O) groups excluding carboxylic acids is 2. The SMILES string of the molecule is C[C@@H](NC(=O)OCC1c2ccccc2-c2ccccc21)C(=O)N[C@H]1CCCC[C@H]1C(=O)O. The standard InChI is InChI=1S/C25H28N2O5/c1-15(23(28)27-22-13-7-6-12-20(22)24(29)30)26-25(31)32-14-21-18-10-4-2-8-16(18)17-9-3-5-11-19(17)21/h2-5,8-11,15,20-22H,6-7,12-14H2,1H3,(H,26,31)(H,27,28)(H,29,30)/t15-,20-,22+/m1/s1. The van der Waals surface area contributed by atoms with E-state index in [1.165, 1.54) is 0 Å². The topological polar surface area (TPSA) is 105 Å². The summed E-state index contributed by atoms with van der Waals surface area (Å²) >= 11 is 0. The minimum atomic E-state index is -0.896. The van der Waals surface area contributed by atoms with Gasteiger partial charge in [-0.05, 0) is 42.0 Å². The normalized spacial score (nSPS) is 20.5. The summed E-state index contributed by atoms with van der Waals surface area (Å²) in [6.45, 7) is 1.73. The van der Waals surface area contributed by atoms with E-state index in [1.807, 2.05) is 36.4 Å². The van der Waals surface area contributed by atoms with Crippen LogP contribution in [0.1, 0.15) is 49.7 Å². The van der Waals surface area contributed by atoms with Crippen molar-refractivity contribution in [2.45, 2.75) is 50.6 Å². The zero-order valence-corrected chi connectivity index (χ0v) is 18.0. The molecule has 7 nitrogen and oxygen atoms in total. The number of alkyl carbamates (subject to hydrolysis) is 1. The van der Waals surface area contributed by atoms with Crippen molar-refractivity contribution >= 4 is 18.0 Å². The Morgan fingerprint density at radius 2 is 1.59 bits per heavy atom. The van der Waals surface area contributed by atoms with Gasteiger partial charge in [-0.2, -0.15) is 0 Å². The van der Waals surface area contributed by atoms with Gasteiger partial charge in [0.25, 0.3) is 0 Å². The van der Waals surface area contributed by atoms with E-state index in [0.717, 1.165) is 35.1 Å². The lowest BCUT2D eigenvalue weighted by molar-refractivity contribution is -0.144. The molecule has 1 fully saturated rings. The van der Waals surface area contributed by atoms with Crippen LogP contribution in [0.5, 0.6) is 0 Å². The zero-order valence-electron chi connectivity index (χ0n) is 18.0. The van der Waals surface area contributed by atoms with Crippen LogP contribution in [0.2, 0.25) is 0 Å². The Bertz CT molecular complexity index is 975. The average Bonchev–Trinajstić information content (AvgIpc) is 3.11. The minimum Gasteiger partial charge on any atom is -0.481 e. The maximum Gasteiger partial charge on any atom is 0.407 e. The third-order valence-corrected chi connectivity index (χ3v) is 6.48. The fraction of sp³-hybridized carbons (Fsp3) is 0.400. The van der Waals surface area contributed by atoms with Crippen molar-refractivity contribution in [3.05, 3.63) is 59.7 Å². The monoisotopic (exact) mass is 436 g/mol. The van der Waals surface area contributed by atoms with Crippen LogP contribution < -0.4 is 10.6 Å². The Hall–Kier alpha value is -3.35. The fourth-order valence-electron chi connectivity index (χ4n) is 4.79. The van der Waals surface area contributed by atoms with Gasteiger partial charge < -0.3 is 20.5 Å². The summed E-state index contributed by atoms with van der Waals surface area (Å²) in [5.41, 5.74) is 4.52. The molecule has 2 aliphatic carbocycles. The smallest absolute Gasteiger partial charge is 0.407 e. The summed E-state index contributed by atoms with van der Waals surface area (Å²) in [4.78, 5) is 36.4. The molecule has 0 bridgehead atoms. The number of carboxylic acids is 1. The van der Waals surface area contributed by atoms with Crippen LogP contribution in [0.4, 0.5) is 4.79 Å². The molecular formula is C25H28N2O5. The second-order valence-corrected chi connectivity index (χ2v) is 8.54. The molecular weight excluding hydrogens is 408 g/mol. The van der Waals surface area contributed by atoms with Crippen molar-refractivity contribution in [3.63, 3.8) is 0 Å². The first-order chi connectivity index (χ1) is 15.5. The number of carbonyl (C=O) groups is 3. The number of aliphatic carboxylic acids is 1. The molecule has 0 spiro atoms. The Morgan fingerprint density at radius 1 is 1.00 bits per heavy atom. The molecule has 1 saturated carbocycles. The van der Waals surface area contributed by atoms with Crippen molar-refractivity contribution in [1.29, 1.82) is 0 Å². The van der Waals surface area contributed by atoms with E-state index in [-0.39, 0.29) is 12.5 Å². The summed E-state index contributed by atoms with van der Waals surface area (Å²) in [7, 11) is 0. The van der Waals surface area contributed by atoms with Crippen molar-refractivity contribution in [1.82, 2.24) is 10.6 Å². The van der Waals surface area contributed by atoms with Gasteiger partial charge >= 0.3 is 12.1 Å². The molecule has 7 heteroatoms. The van der Waals surface area contributed by atoms with E-state index in [2.05, 4.69) is 22.8 Å². The first-order valence-corrected chi connectivity index (χ1v) is 11.1. The van der Waals surface area contributed by atoms with Gasteiger partial charge in [-0.3, -0.25) is 9.59 Å². The number of ether oxygens (including phenoxy) is 1. The molecule has 0 aliphatic heterocycles. The van der Waals surface area contributed by atoms with Crippen LogP contribution in [0, 0.1) is 5.92 Å². The summed E-state index contributed by atoms with van der Waals surface area (Å²) in [5.74, 6) is -1.95. The predicted octanol–water partition coefficient (Wildman–Crippen LogP) is 3.67. The van der Waals surface area contributed by atoms with Gasteiger partial charge in [0.1, 0.15) is 12.6 Å². The van der Waals surface area contributed by atoms with Crippen molar-refractivity contribution in [2.75, 3.05) is 6.61 Å². The van der Waals surface area contributed by atoms with Gasteiger partial charge in [0, 0.05) is 12.0 Å². The highest BCUT2D eigenvalue weighted by molar-refractivity contribution is 5.86. The Morgan fingerprint density at radius 3 is 2.22 bits per heavy atom. The molecule has 0 radical (unpaired) electrons. The molecule has 2 amide bonds. The summed E-state index contributed by atoms with van der Waals surface area (Å²) in [6.07, 6.45) is 2.22. The zero-order chi connectivity index (χ0) is 22.7. The van der Waals surface area contributed by atoms with Gasteiger partial charge in [-0.25, -0.2) is 4.79 Å². The first-order valence-electron chi connectivity index (χ1n) is 11.1. The van der Waals surface area contributed by atoms with Crippen LogP contribution in [0.15, 0.2) is 48.5 Å². The quantitative estimate of drug-likeness (QED) is 0.641. The molecule has 2 aliphatic rings. The fourth-order valence-corrected chi connectivity index (χ4v) is 4.79. The number of nitrogens with one attached hydrogen (secondary N) is 2. The highest BCUT2D eigenvalue weighted by atomic mass is 16.5. The lowest BCUT2D eigenvalue weighted by Gasteiger charge is -2.30. The van der Waals surface area contributed by atoms with Gasteiger partial charge in [0.15, 0.2) is 0 Å². The van der Waals surface area contributed by atoms with E-state index in [4.69, 9.17) is 4.74 Å². The predicted molar refractivity (Wildman–Crippen MR) is 119 cm³/mol. The molecule has 0 heterocycles. The van der Waals surface area contributed by atoms with Crippen LogP contribution in [0.25, 0.3) is 11.1 Å². The molecule has 0 aromatic heterocycles. The third-order valence-electron chi connectivity index (χ3n) is 6.48. The van der Waals surface area contributed by atoms with Crippen molar-refractivity contribution < 1.29 is 24.2 Å². The molecule has 32 heavy (non-hydrogen) atoms. The van der Waals surface area contributed by atoms with Crippen LogP contribution in [-0.4, -0.2) is 41.8 Å². The summed E-state index contributed by atoms with van der Waals surface area (Å²) < 4.78 is 5.49. The lowest BCUT2D eigenvalue weighted by atomic mass is 9.84. The molecule has 3 N–H and O–H groups in total. The van der Waals surface area contributed by atoms with E-state index in [9.17, 15) is 19.5 Å². The van der Waals surface area contributed by atoms with Crippen LogP contribution in [0.3, 0.4) is 0 Å². The van der Waals surface area contributed by atoms with Gasteiger partial charge in [-0.15, -0.1) is 0 Å². The Labute approximate surface area is 187 Å². The molecule has 2 aromatic carbocycles. The number of amides is 2. The average molecular weight is 437 g/mol. The van der Waals surface area contributed by atoms with Crippen LogP contribution >= 0.6 is 0 Å². The lowest BCUT2D eigenvalue weighted by Crippen LogP contribution is -2.52. The van der Waals surface area contributed by atoms with Gasteiger partial charge in [0.05, 0.1) is 5.92 Å². The van der Waals surface area contributed by atoms with E-state index in [1.54, 1.807) is 6.92 Å². The van der Waals surface area contributed by atoms with Gasteiger partial charge in [-0.1, -0.05) is 61.4 Å². The summed E-state index contributed by atoms with van der Waals surface area (Å²) in [6, 6.07) is 14.9. The summed E-state index contributed by atoms with van der Waals surface area (Å²) in [5, 5.41) is 14.7. The van der Waals surface area contributed by atoms with Crippen LogP contribution in [-0.2, 0) is 14.3 Å². The van der Waals surface area contributed by atoms with Gasteiger partial charge in [0.2, 0.25) is 5.91 Å². The minimum absolute atomic E-state index is 0.0594. The number of fused-ring (bicyclic) bond motifs is 3. The number of benzene rings is 2. The van der Waals surface area contributed by atoms with Crippen molar-refractivity contribution in [3.8, 4) is 11.1 Å². The molecule has 3 atom stereocenters.